The minimum atomic E-state index is -0.133. The number of nitrogens with zero attached hydrogens (tertiary/aromatic N) is 1. The second kappa shape index (κ2) is 5.65. The van der Waals surface area contributed by atoms with Crippen molar-refractivity contribution in [1.29, 1.82) is 0 Å². The highest BCUT2D eigenvalue weighted by molar-refractivity contribution is 4.88. The van der Waals surface area contributed by atoms with Crippen molar-refractivity contribution < 1.29 is 9.84 Å². The van der Waals surface area contributed by atoms with Gasteiger partial charge in [0.05, 0.1) is 18.8 Å². The van der Waals surface area contributed by atoms with E-state index in [9.17, 15) is 5.11 Å². The molecule has 4 nitrogen and oxygen atoms in total. The van der Waals surface area contributed by atoms with E-state index in [1.807, 2.05) is 0 Å². The van der Waals surface area contributed by atoms with Gasteiger partial charge in [-0.3, -0.25) is 4.90 Å². The first-order valence-corrected chi connectivity index (χ1v) is 6.89. The summed E-state index contributed by atoms with van der Waals surface area (Å²) in [6.07, 6.45) is 4.38. The SMILES string of the molecule is CCNC(C)(CO)CCN1CC2CCC(C1)O2. The topological polar surface area (TPSA) is 44.7 Å². The summed E-state index contributed by atoms with van der Waals surface area (Å²) in [5.41, 5.74) is -0.133. The van der Waals surface area contributed by atoms with Crippen LogP contribution in [0.5, 0.6) is 0 Å². The van der Waals surface area contributed by atoms with Crippen LogP contribution in [-0.4, -0.2) is 60.5 Å². The average molecular weight is 242 g/mol. The molecule has 0 aromatic rings. The summed E-state index contributed by atoms with van der Waals surface area (Å²) in [4.78, 5) is 2.50. The molecule has 0 spiro atoms. The summed E-state index contributed by atoms with van der Waals surface area (Å²) >= 11 is 0. The highest BCUT2D eigenvalue weighted by Crippen LogP contribution is 2.26. The van der Waals surface area contributed by atoms with E-state index in [0.717, 1.165) is 32.6 Å². The lowest BCUT2D eigenvalue weighted by Crippen LogP contribution is -2.50. The van der Waals surface area contributed by atoms with Crippen molar-refractivity contribution in [2.45, 2.75) is 50.9 Å². The number of hydrogen-bond acceptors (Lipinski definition) is 4. The smallest absolute Gasteiger partial charge is 0.0707 e. The number of aliphatic hydroxyl groups is 1. The highest BCUT2D eigenvalue weighted by Gasteiger charge is 2.34. The lowest BCUT2D eigenvalue weighted by Gasteiger charge is -2.35. The minimum absolute atomic E-state index is 0.133. The Balaban J connectivity index is 1.77. The van der Waals surface area contributed by atoms with Crippen LogP contribution in [0.15, 0.2) is 0 Å². The molecule has 4 heteroatoms. The molecule has 0 aliphatic carbocycles. The summed E-state index contributed by atoms with van der Waals surface area (Å²) in [5, 5.41) is 12.8. The molecule has 100 valence electrons. The third-order valence-corrected chi connectivity index (χ3v) is 4.05. The van der Waals surface area contributed by atoms with E-state index < -0.39 is 0 Å². The van der Waals surface area contributed by atoms with Crippen molar-refractivity contribution in [2.24, 2.45) is 0 Å². The van der Waals surface area contributed by atoms with Crippen molar-refractivity contribution in [3.63, 3.8) is 0 Å². The Hall–Kier alpha value is -0.160. The van der Waals surface area contributed by atoms with Gasteiger partial charge in [-0.2, -0.15) is 0 Å². The van der Waals surface area contributed by atoms with Crippen LogP contribution >= 0.6 is 0 Å². The van der Waals surface area contributed by atoms with Gasteiger partial charge in [-0.1, -0.05) is 6.92 Å². The Morgan fingerprint density at radius 3 is 2.53 bits per heavy atom. The highest BCUT2D eigenvalue weighted by atomic mass is 16.5. The first-order valence-electron chi connectivity index (χ1n) is 6.89. The summed E-state index contributed by atoms with van der Waals surface area (Å²) in [6, 6.07) is 0. The first-order chi connectivity index (χ1) is 8.15. The normalized spacial score (nSPS) is 32.6. The van der Waals surface area contributed by atoms with Gasteiger partial charge < -0.3 is 15.2 Å². The zero-order valence-corrected chi connectivity index (χ0v) is 11.1. The predicted octanol–water partition coefficient (Wildman–Crippen LogP) is 0.600. The molecule has 2 aliphatic rings. The lowest BCUT2D eigenvalue weighted by molar-refractivity contribution is -0.0409. The van der Waals surface area contributed by atoms with E-state index in [2.05, 4.69) is 24.1 Å². The van der Waals surface area contributed by atoms with Gasteiger partial charge >= 0.3 is 0 Å². The molecule has 2 saturated heterocycles. The summed E-state index contributed by atoms with van der Waals surface area (Å²) in [5.74, 6) is 0. The Morgan fingerprint density at radius 1 is 1.35 bits per heavy atom. The molecule has 2 rings (SSSR count). The van der Waals surface area contributed by atoms with Crippen molar-refractivity contribution in [1.82, 2.24) is 10.2 Å². The van der Waals surface area contributed by atoms with Crippen molar-refractivity contribution >= 4 is 0 Å². The van der Waals surface area contributed by atoms with E-state index in [1.54, 1.807) is 0 Å². The third-order valence-electron chi connectivity index (χ3n) is 4.05. The molecule has 0 aromatic heterocycles. The van der Waals surface area contributed by atoms with Crippen LogP contribution in [0, 0.1) is 0 Å². The number of aliphatic hydroxyl groups excluding tert-OH is 1. The molecule has 3 unspecified atom stereocenters. The van der Waals surface area contributed by atoms with Gasteiger partial charge in [-0.15, -0.1) is 0 Å². The van der Waals surface area contributed by atoms with Crippen LogP contribution in [-0.2, 0) is 4.74 Å². The molecule has 2 fully saturated rings. The van der Waals surface area contributed by atoms with Crippen LogP contribution in [0.1, 0.15) is 33.1 Å². The number of nitrogens with one attached hydrogen (secondary N) is 1. The maximum absolute atomic E-state index is 9.46. The molecule has 2 aliphatic heterocycles. The van der Waals surface area contributed by atoms with Gasteiger partial charge in [0.15, 0.2) is 0 Å². The fourth-order valence-corrected chi connectivity index (χ4v) is 2.94. The quantitative estimate of drug-likeness (QED) is 0.716. The third kappa shape index (κ3) is 3.41. The lowest BCUT2D eigenvalue weighted by atomic mass is 9.98. The number of rotatable bonds is 6. The maximum atomic E-state index is 9.46. The minimum Gasteiger partial charge on any atom is -0.394 e. The van der Waals surface area contributed by atoms with Gasteiger partial charge in [-0.05, 0) is 32.7 Å². The fourth-order valence-electron chi connectivity index (χ4n) is 2.94. The predicted molar refractivity (Wildman–Crippen MR) is 68.1 cm³/mol. The van der Waals surface area contributed by atoms with E-state index in [0.29, 0.717) is 12.2 Å². The van der Waals surface area contributed by atoms with Gasteiger partial charge in [-0.25, -0.2) is 0 Å². The molecule has 0 radical (unpaired) electrons. The molecular weight excluding hydrogens is 216 g/mol. The first kappa shape index (κ1) is 13.3. The van der Waals surface area contributed by atoms with E-state index in [1.165, 1.54) is 12.8 Å². The Morgan fingerprint density at radius 2 is 2.00 bits per heavy atom. The number of fused-ring (bicyclic) bond motifs is 2. The molecule has 17 heavy (non-hydrogen) atoms. The molecule has 2 bridgehead atoms. The molecular formula is C13H26N2O2. The number of hydrogen-bond donors (Lipinski definition) is 2. The van der Waals surface area contributed by atoms with Crippen molar-refractivity contribution in [2.75, 3.05) is 32.8 Å². The second-order valence-corrected chi connectivity index (χ2v) is 5.72. The number of morpholine rings is 1. The van der Waals surface area contributed by atoms with E-state index >= 15 is 0 Å². The Labute approximate surface area is 104 Å². The molecule has 3 atom stereocenters. The molecule has 0 amide bonds. The molecule has 2 heterocycles. The summed E-state index contributed by atoms with van der Waals surface area (Å²) in [6.45, 7) is 8.51. The maximum Gasteiger partial charge on any atom is 0.0707 e. The summed E-state index contributed by atoms with van der Waals surface area (Å²) < 4.78 is 5.83. The number of ether oxygens (including phenoxy) is 1. The van der Waals surface area contributed by atoms with Crippen LogP contribution in [0.25, 0.3) is 0 Å². The van der Waals surface area contributed by atoms with E-state index in [4.69, 9.17) is 4.74 Å². The number of likely N-dealkylation sites (N-methyl/N-ethyl adjacent to an activating group) is 1. The largest absolute Gasteiger partial charge is 0.394 e. The van der Waals surface area contributed by atoms with Gasteiger partial charge in [0.25, 0.3) is 0 Å². The summed E-state index contributed by atoms with van der Waals surface area (Å²) in [7, 11) is 0. The van der Waals surface area contributed by atoms with Gasteiger partial charge in [0.1, 0.15) is 0 Å². The molecule has 0 saturated carbocycles. The Bertz CT molecular complexity index is 238. The van der Waals surface area contributed by atoms with Crippen LogP contribution in [0.4, 0.5) is 0 Å². The van der Waals surface area contributed by atoms with Crippen molar-refractivity contribution in [3.05, 3.63) is 0 Å². The van der Waals surface area contributed by atoms with Crippen molar-refractivity contribution in [3.8, 4) is 0 Å². The van der Waals surface area contributed by atoms with Gasteiger partial charge in [0.2, 0.25) is 0 Å². The standard InChI is InChI=1S/C13H26N2O2/c1-3-14-13(2,10-16)6-7-15-8-11-4-5-12(9-15)17-11/h11-12,14,16H,3-10H2,1-2H3. The van der Waals surface area contributed by atoms with Crippen LogP contribution in [0.2, 0.25) is 0 Å². The van der Waals surface area contributed by atoms with E-state index in [-0.39, 0.29) is 12.1 Å². The molecule has 2 N–H and O–H groups in total. The average Bonchev–Trinajstić information content (AvgIpc) is 2.67. The second-order valence-electron chi connectivity index (χ2n) is 5.72. The number of likely N-dealkylation sites (tertiary alicyclic amines) is 1. The fraction of sp³-hybridized carbons (Fsp3) is 1.00. The van der Waals surface area contributed by atoms with Gasteiger partial charge in [0, 0.05) is 25.2 Å². The molecule has 0 aromatic carbocycles. The zero-order chi connectivity index (χ0) is 12.3. The Kier molecular flexibility index (Phi) is 4.42. The monoisotopic (exact) mass is 242 g/mol. The van der Waals surface area contributed by atoms with Crippen LogP contribution < -0.4 is 5.32 Å². The zero-order valence-electron chi connectivity index (χ0n) is 11.1. The van der Waals surface area contributed by atoms with Crippen LogP contribution in [0.3, 0.4) is 0 Å².